The Morgan fingerprint density at radius 2 is 2.29 bits per heavy atom. The molecule has 1 atom stereocenters. The normalized spacial score (nSPS) is 19.6. The zero-order valence-electron chi connectivity index (χ0n) is 12.1. The Morgan fingerprint density at radius 1 is 1.38 bits per heavy atom. The first-order valence-electron chi connectivity index (χ1n) is 7.17. The van der Waals surface area contributed by atoms with Gasteiger partial charge < -0.3 is 9.30 Å². The first-order chi connectivity index (χ1) is 10.2. The van der Waals surface area contributed by atoms with Gasteiger partial charge in [-0.2, -0.15) is 0 Å². The summed E-state index contributed by atoms with van der Waals surface area (Å²) in [4.78, 5) is 11.0. The van der Waals surface area contributed by atoms with Crippen molar-refractivity contribution < 1.29 is 4.74 Å². The molecule has 0 saturated carbocycles. The van der Waals surface area contributed by atoms with Gasteiger partial charge in [-0.1, -0.05) is 11.6 Å². The molecular weight excluding hydrogens is 288 g/mol. The largest absolute Gasteiger partial charge is 0.473 e. The molecule has 2 aromatic heterocycles. The van der Waals surface area contributed by atoms with Gasteiger partial charge in [-0.3, -0.25) is 4.90 Å². The van der Waals surface area contributed by atoms with Gasteiger partial charge in [0.15, 0.2) is 0 Å². The minimum absolute atomic E-state index is 0.174. The predicted octanol–water partition coefficient (Wildman–Crippen LogP) is 2.51. The molecule has 3 heterocycles. The van der Waals surface area contributed by atoms with Crippen molar-refractivity contribution in [3.05, 3.63) is 41.6 Å². The third-order valence-electron chi connectivity index (χ3n) is 3.74. The van der Waals surface area contributed by atoms with Crippen LogP contribution >= 0.6 is 11.6 Å². The number of piperidine rings is 1. The number of hydrogen-bond donors (Lipinski definition) is 0. The Kier molecular flexibility index (Phi) is 4.41. The van der Waals surface area contributed by atoms with E-state index in [1.165, 1.54) is 0 Å². The Labute approximate surface area is 129 Å². The van der Waals surface area contributed by atoms with Crippen LogP contribution in [0.5, 0.6) is 5.88 Å². The number of aryl methyl sites for hydroxylation is 1. The second-order valence-corrected chi connectivity index (χ2v) is 5.82. The van der Waals surface area contributed by atoms with Crippen molar-refractivity contribution in [1.82, 2.24) is 19.4 Å². The molecule has 6 heteroatoms. The number of hydrogen-bond acceptors (Lipinski definition) is 4. The van der Waals surface area contributed by atoms with Crippen molar-refractivity contribution in [1.29, 1.82) is 0 Å². The van der Waals surface area contributed by atoms with Crippen molar-refractivity contribution in [2.75, 3.05) is 13.1 Å². The molecule has 0 N–H and O–H groups in total. The van der Waals surface area contributed by atoms with Crippen molar-refractivity contribution in [2.24, 2.45) is 7.05 Å². The third kappa shape index (κ3) is 3.74. The Balaban J connectivity index is 1.58. The van der Waals surface area contributed by atoms with Gasteiger partial charge in [0.1, 0.15) is 11.9 Å². The maximum Gasteiger partial charge on any atom is 0.213 e. The number of imidazole rings is 1. The summed E-state index contributed by atoms with van der Waals surface area (Å²) in [6, 6.07) is 3.62. The maximum atomic E-state index is 5.95. The van der Waals surface area contributed by atoms with Gasteiger partial charge in [-0.15, -0.1) is 0 Å². The van der Waals surface area contributed by atoms with E-state index in [9.17, 15) is 0 Å². The van der Waals surface area contributed by atoms with E-state index in [1.54, 1.807) is 12.3 Å². The van der Waals surface area contributed by atoms with Crippen LogP contribution in [0.3, 0.4) is 0 Å². The van der Waals surface area contributed by atoms with E-state index in [-0.39, 0.29) is 6.10 Å². The Morgan fingerprint density at radius 3 is 3.00 bits per heavy atom. The fraction of sp³-hybridized carbons (Fsp3) is 0.467. The summed E-state index contributed by atoms with van der Waals surface area (Å²) in [6.07, 6.45) is 7.79. The lowest BCUT2D eigenvalue weighted by Gasteiger charge is -2.32. The zero-order valence-corrected chi connectivity index (χ0v) is 12.8. The molecule has 112 valence electrons. The first-order valence-corrected chi connectivity index (χ1v) is 7.55. The van der Waals surface area contributed by atoms with Crippen LogP contribution in [0.15, 0.2) is 30.7 Å². The second kappa shape index (κ2) is 6.45. The number of nitrogens with zero attached hydrogens (tertiary/aromatic N) is 4. The van der Waals surface area contributed by atoms with Crippen LogP contribution in [-0.2, 0) is 13.6 Å². The molecule has 2 aromatic rings. The number of halogens is 1. The van der Waals surface area contributed by atoms with E-state index in [0.29, 0.717) is 10.9 Å². The van der Waals surface area contributed by atoms with Gasteiger partial charge >= 0.3 is 0 Å². The molecule has 0 bridgehead atoms. The average Bonchev–Trinajstić information content (AvgIpc) is 2.87. The van der Waals surface area contributed by atoms with Crippen molar-refractivity contribution >= 4 is 11.6 Å². The quantitative estimate of drug-likeness (QED) is 0.870. The number of rotatable bonds is 4. The molecule has 3 rings (SSSR count). The molecule has 0 amide bonds. The number of aromatic nitrogens is 3. The van der Waals surface area contributed by atoms with Gasteiger partial charge in [0.25, 0.3) is 0 Å². The molecule has 0 spiro atoms. The zero-order chi connectivity index (χ0) is 14.7. The SMILES string of the molecule is Cn1ccnc1CN1CCC[C@@H](Oc2ccc(Cl)cn2)C1. The van der Waals surface area contributed by atoms with E-state index in [0.717, 1.165) is 38.3 Å². The van der Waals surface area contributed by atoms with Crippen molar-refractivity contribution in [3.8, 4) is 5.88 Å². The summed E-state index contributed by atoms with van der Waals surface area (Å²) in [6.45, 7) is 2.84. The number of ether oxygens (including phenoxy) is 1. The van der Waals surface area contributed by atoms with Crippen LogP contribution in [0.4, 0.5) is 0 Å². The van der Waals surface area contributed by atoms with E-state index in [2.05, 4.69) is 19.4 Å². The highest BCUT2D eigenvalue weighted by Crippen LogP contribution is 2.19. The molecule has 0 radical (unpaired) electrons. The first kappa shape index (κ1) is 14.4. The third-order valence-corrected chi connectivity index (χ3v) is 3.96. The van der Waals surface area contributed by atoms with Gasteiger partial charge in [0, 0.05) is 38.2 Å². The standard InChI is InChI=1S/C15H19ClN4O/c1-19-8-6-17-14(19)11-20-7-2-3-13(10-20)21-15-5-4-12(16)9-18-15/h4-6,8-9,13H,2-3,7,10-11H2,1H3/t13-/m1/s1. The van der Waals surface area contributed by atoms with Gasteiger partial charge in [-0.05, 0) is 25.5 Å². The van der Waals surface area contributed by atoms with E-state index < -0.39 is 0 Å². The van der Waals surface area contributed by atoms with Crippen LogP contribution in [0, 0.1) is 0 Å². The molecule has 0 aromatic carbocycles. The highest BCUT2D eigenvalue weighted by molar-refractivity contribution is 6.30. The fourth-order valence-corrected chi connectivity index (χ4v) is 2.72. The summed E-state index contributed by atoms with van der Waals surface area (Å²) in [7, 11) is 2.03. The lowest BCUT2D eigenvalue weighted by Crippen LogP contribution is -2.41. The molecular formula is C15H19ClN4O. The second-order valence-electron chi connectivity index (χ2n) is 5.39. The van der Waals surface area contributed by atoms with Crippen LogP contribution in [-0.4, -0.2) is 38.6 Å². The van der Waals surface area contributed by atoms with Crippen molar-refractivity contribution in [2.45, 2.75) is 25.5 Å². The molecule has 5 nitrogen and oxygen atoms in total. The molecule has 1 aliphatic rings. The van der Waals surface area contributed by atoms with E-state index in [1.807, 2.05) is 25.5 Å². The van der Waals surface area contributed by atoms with Crippen LogP contribution < -0.4 is 4.74 Å². The molecule has 21 heavy (non-hydrogen) atoms. The smallest absolute Gasteiger partial charge is 0.213 e. The van der Waals surface area contributed by atoms with Crippen LogP contribution in [0.1, 0.15) is 18.7 Å². The average molecular weight is 307 g/mol. The molecule has 1 fully saturated rings. The predicted molar refractivity (Wildman–Crippen MR) is 81.4 cm³/mol. The van der Waals surface area contributed by atoms with Crippen LogP contribution in [0.25, 0.3) is 0 Å². The molecule has 1 aliphatic heterocycles. The molecule has 1 saturated heterocycles. The molecule has 0 aliphatic carbocycles. The lowest BCUT2D eigenvalue weighted by atomic mass is 10.1. The molecule has 0 unspecified atom stereocenters. The lowest BCUT2D eigenvalue weighted by molar-refractivity contribution is 0.0789. The van der Waals surface area contributed by atoms with Gasteiger partial charge in [0.2, 0.25) is 5.88 Å². The Hall–Kier alpha value is -1.59. The summed E-state index contributed by atoms with van der Waals surface area (Å²) in [5.41, 5.74) is 0. The summed E-state index contributed by atoms with van der Waals surface area (Å²) in [5.74, 6) is 1.73. The highest BCUT2D eigenvalue weighted by Gasteiger charge is 2.22. The van der Waals surface area contributed by atoms with Crippen molar-refractivity contribution in [3.63, 3.8) is 0 Å². The van der Waals surface area contributed by atoms with E-state index >= 15 is 0 Å². The fourth-order valence-electron chi connectivity index (χ4n) is 2.60. The topological polar surface area (TPSA) is 43.2 Å². The Bertz CT molecular complexity index is 584. The van der Waals surface area contributed by atoms with Gasteiger partial charge in [0.05, 0.1) is 11.6 Å². The monoisotopic (exact) mass is 306 g/mol. The summed E-state index contributed by atoms with van der Waals surface area (Å²) in [5, 5.41) is 0.627. The maximum absolute atomic E-state index is 5.95. The summed E-state index contributed by atoms with van der Waals surface area (Å²) >= 11 is 5.84. The van der Waals surface area contributed by atoms with Crippen LogP contribution in [0.2, 0.25) is 5.02 Å². The van der Waals surface area contributed by atoms with E-state index in [4.69, 9.17) is 16.3 Å². The number of likely N-dealkylation sites (tertiary alicyclic amines) is 1. The minimum Gasteiger partial charge on any atom is -0.473 e. The van der Waals surface area contributed by atoms with Gasteiger partial charge in [-0.25, -0.2) is 9.97 Å². The summed E-state index contributed by atoms with van der Waals surface area (Å²) < 4.78 is 8.01. The highest BCUT2D eigenvalue weighted by atomic mass is 35.5. The minimum atomic E-state index is 0.174. The number of pyridine rings is 1.